The Morgan fingerprint density at radius 1 is 0.892 bits per heavy atom. The standard InChI is InChI=1S/C33H37N2OSi/c1-19(2)15-23-17-30(35(7)29-14-11-24(18-26(23)29)37(8,9)10)31-21(4)20(3)16-27-25-12-13-28(34-6)22(5)32(25)36-33(27)31/h11-14,16-19H,15H2,1-5,7-10H3/q+1. The Hall–Kier alpha value is -3.42. The van der Waals surface area contributed by atoms with Gasteiger partial charge in [-0.25, -0.2) is 4.85 Å². The third-order valence-electron chi connectivity index (χ3n) is 7.92. The number of aryl methyl sites for hydroxylation is 3. The molecular formula is C33H37N2OSi+. The minimum atomic E-state index is -1.44. The minimum Gasteiger partial charge on any atom is -0.456 e. The van der Waals surface area contributed by atoms with Crippen LogP contribution in [-0.2, 0) is 13.5 Å². The molecule has 0 N–H and O–H groups in total. The van der Waals surface area contributed by atoms with Crippen molar-refractivity contribution >= 4 is 51.8 Å². The van der Waals surface area contributed by atoms with Crippen molar-refractivity contribution in [3.05, 3.63) is 76.1 Å². The molecule has 5 rings (SSSR count). The highest BCUT2D eigenvalue weighted by Crippen LogP contribution is 2.42. The fraction of sp³-hybridized carbons (Fsp3) is 0.333. The Morgan fingerprint density at radius 3 is 2.27 bits per heavy atom. The molecule has 0 atom stereocenters. The molecule has 5 aromatic rings. The Morgan fingerprint density at radius 2 is 1.62 bits per heavy atom. The van der Waals surface area contributed by atoms with Gasteiger partial charge in [-0.3, -0.25) is 0 Å². The average molecular weight is 506 g/mol. The molecule has 0 unspecified atom stereocenters. The summed E-state index contributed by atoms with van der Waals surface area (Å²) >= 11 is 0. The van der Waals surface area contributed by atoms with Crippen molar-refractivity contribution in [1.82, 2.24) is 0 Å². The summed E-state index contributed by atoms with van der Waals surface area (Å²) in [5.41, 5.74) is 10.8. The molecule has 0 spiro atoms. The third kappa shape index (κ3) is 4.06. The van der Waals surface area contributed by atoms with Gasteiger partial charge in [0.25, 0.3) is 0 Å². The first-order chi connectivity index (χ1) is 17.4. The van der Waals surface area contributed by atoms with Crippen LogP contribution in [0.4, 0.5) is 5.69 Å². The van der Waals surface area contributed by atoms with Gasteiger partial charge in [-0.05, 0) is 67.5 Å². The normalized spacial score (nSPS) is 12.2. The van der Waals surface area contributed by atoms with E-state index in [4.69, 9.17) is 11.0 Å². The quantitative estimate of drug-likeness (QED) is 0.136. The predicted octanol–water partition coefficient (Wildman–Crippen LogP) is 8.45. The summed E-state index contributed by atoms with van der Waals surface area (Å²) in [5.74, 6) is 0.554. The van der Waals surface area contributed by atoms with E-state index < -0.39 is 8.07 Å². The summed E-state index contributed by atoms with van der Waals surface area (Å²) in [6, 6.07) is 15.7. The molecule has 0 saturated heterocycles. The number of pyridine rings is 1. The molecule has 2 aromatic heterocycles. The van der Waals surface area contributed by atoms with Crippen LogP contribution in [0.1, 0.15) is 36.1 Å². The summed E-state index contributed by atoms with van der Waals surface area (Å²) in [5, 5.41) is 5.06. The SMILES string of the molecule is [C-]#[N+]c1ccc2c(oc3c(-c4cc(CC(C)C)c5cc([Si](C)(C)C)ccc5[n+]4C)c(C)c(C)cc32)c1C. The summed E-state index contributed by atoms with van der Waals surface area (Å²) in [4.78, 5) is 3.71. The van der Waals surface area contributed by atoms with Crippen molar-refractivity contribution in [2.24, 2.45) is 13.0 Å². The number of nitrogens with zero attached hydrogens (tertiary/aromatic N) is 2. The van der Waals surface area contributed by atoms with E-state index in [-0.39, 0.29) is 0 Å². The summed E-state index contributed by atoms with van der Waals surface area (Å²) in [6.45, 7) is 25.8. The molecule has 3 nitrogen and oxygen atoms in total. The second-order valence-electron chi connectivity index (χ2n) is 12.1. The van der Waals surface area contributed by atoms with E-state index >= 15 is 0 Å². The van der Waals surface area contributed by atoms with Crippen molar-refractivity contribution in [3.63, 3.8) is 0 Å². The fourth-order valence-corrected chi connectivity index (χ4v) is 6.79. The minimum absolute atomic E-state index is 0.554. The zero-order valence-electron chi connectivity index (χ0n) is 23.6. The van der Waals surface area contributed by atoms with Gasteiger partial charge in [0.05, 0.1) is 20.2 Å². The van der Waals surface area contributed by atoms with Gasteiger partial charge in [0, 0.05) is 28.3 Å². The van der Waals surface area contributed by atoms with E-state index in [0.717, 1.165) is 39.5 Å². The van der Waals surface area contributed by atoms with Crippen LogP contribution in [0.25, 0.3) is 48.9 Å². The molecule has 0 aliphatic carbocycles. The first kappa shape index (κ1) is 25.2. The summed E-state index contributed by atoms with van der Waals surface area (Å²) < 4.78 is 8.99. The number of rotatable bonds is 4. The topological polar surface area (TPSA) is 21.4 Å². The Labute approximate surface area is 221 Å². The highest BCUT2D eigenvalue weighted by atomic mass is 28.3. The van der Waals surface area contributed by atoms with E-state index in [9.17, 15) is 0 Å². The Bertz CT molecular complexity index is 1760. The number of aromatic nitrogens is 1. The largest absolute Gasteiger partial charge is 0.456 e. The second kappa shape index (κ2) is 8.85. The molecule has 0 radical (unpaired) electrons. The van der Waals surface area contributed by atoms with E-state index in [1.54, 1.807) is 0 Å². The van der Waals surface area contributed by atoms with Crippen LogP contribution in [0, 0.1) is 33.3 Å². The number of hydrogen-bond donors (Lipinski definition) is 0. The van der Waals surface area contributed by atoms with Crippen LogP contribution < -0.4 is 9.75 Å². The maximum absolute atomic E-state index is 7.56. The van der Waals surface area contributed by atoms with E-state index in [0.29, 0.717) is 11.6 Å². The van der Waals surface area contributed by atoms with Crippen LogP contribution in [0.2, 0.25) is 19.6 Å². The zero-order valence-corrected chi connectivity index (χ0v) is 24.6. The predicted molar refractivity (Wildman–Crippen MR) is 160 cm³/mol. The number of furan rings is 1. The molecule has 0 fully saturated rings. The van der Waals surface area contributed by atoms with Gasteiger partial charge in [-0.15, -0.1) is 0 Å². The van der Waals surface area contributed by atoms with Crippen molar-refractivity contribution in [2.75, 3.05) is 0 Å². The monoisotopic (exact) mass is 505 g/mol. The lowest BCUT2D eigenvalue weighted by atomic mass is 9.92. The molecule has 0 aliphatic heterocycles. The Kier molecular flexibility index (Phi) is 6.04. The first-order valence-corrected chi connectivity index (χ1v) is 16.7. The van der Waals surface area contributed by atoms with Crippen molar-refractivity contribution in [1.29, 1.82) is 0 Å². The third-order valence-corrected chi connectivity index (χ3v) is 9.96. The molecule has 0 bridgehead atoms. The van der Waals surface area contributed by atoms with Crippen LogP contribution in [0.5, 0.6) is 0 Å². The lowest BCUT2D eigenvalue weighted by Gasteiger charge is -2.19. The van der Waals surface area contributed by atoms with Gasteiger partial charge in [0.2, 0.25) is 11.2 Å². The molecule has 3 aromatic carbocycles. The highest BCUT2D eigenvalue weighted by molar-refractivity contribution is 6.88. The summed E-state index contributed by atoms with van der Waals surface area (Å²) in [6.07, 6.45) is 1.03. The molecule has 2 heterocycles. The Balaban J connectivity index is 1.91. The lowest BCUT2D eigenvalue weighted by Crippen LogP contribution is -2.39. The van der Waals surface area contributed by atoms with Crippen LogP contribution in [-0.4, -0.2) is 8.07 Å². The van der Waals surface area contributed by atoms with Gasteiger partial charge >= 0.3 is 0 Å². The zero-order chi connectivity index (χ0) is 26.8. The van der Waals surface area contributed by atoms with Crippen LogP contribution >= 0.6 is 0 Å². The van der Waals surface area contributed by atoms with Gasteiger partial charge in [0.1, 0.15) is 18.2 Å². The lowest BCUT2D eigenvalue weighted by molar-refractivity contribution is -0.633. The van der Waals surface area contributed by atoms with Gasteiger partial charge in [0.15, 0.2) is 5.69 Å². The van der Waals surface area contributed by atoms with Gasteiger partial charge < -0.3 is 4.42 Å². The smallest absolute Gasteiger partial charge is 0.217 e. The van der Waals surface area contributed by atoms with Crippen LogP contribution in [0.3, 0.4) is 0 Å². The van der Waals surface area contributed by atoms with E-state index in [2.05, 4.69) is 94.1 Å². The molecule has 0 saturated carbocycles. The van der Waals surface area contributed by atoms with Crippen molar-refractivity contribution < 1.29 is 8.98 Å². The first-order valence-electron chi connectivity index (χ1n) is 13.2. The van der Waals surface area contributed by atoms with Crippen LogP contribution in [0.15, 0.2) is 46.9 Å². The molecule has 4 heteroatoms. The van der Waals surface area contributed by atoms with Gasteiger partial charge in [-0.2, -0.15) is 4.57 Å². The molecule has 37 heavy (non-hydrogen) atoms. The van der Waals surface area contributed by atoms with E-state index in [1.807, 2.05) is 19.1 Å². The second-order valence-corrected chi connectivity index (χ2v) is 17.1. The molecule has 0 aliphatic rings. The highest BCUT2D eigenvalue weighted by Gasteiger charge is 2.27. The number of hydrogen-bond acceptors (Lipinski definition) is 1. The maximum Gasteiger partial charge on any atom is 0.217 e. The fourth-order valence-electron chi connectivity index (χ4n) is 5.63. The maximum atomic E-state index is 7.56. The van der Waals surface area contributed by atoms with Crippen molar-refractivity contribution in [3.8, 4) is 11.3 Å². The molecular weight excluding hydrogens is 468 g/mol. The van der Waals surface area contributed by atoms with E-state index in [1.165, 1.54) is 38.5 Å². The molecule has 0 amide bonds. The number of benzene rings is 3. The number of fused-ring (bicyclic) bond motifs is 4. The molecule has 188 valence electrons. The average Bonchev–Trinajstić information content (AvgIpc) is 3.20. The van der Waals surface area contributed by atoms with Gasteiger partial charge in [-0.1, -0.05) is 56.9 Å². The van der Waals surface area contributed by atoms with Crippen molar-refractivity contribution in [2.45, 2.75) is 60.7 Å². The summed E-state index contributed by atoms with van der Waals surface area (Å²) in [7, 11) is 0.746.